The van der Waals surface area contributed by atoms with Crippen molar-refractivity contribution >= 4 is 40.6 Å². The van der Waals surface area contributed by atoms with E-state index < -0.39 is 23.9 Å². The summed E-state index contributed by atoms with van der Waals surface area (Å²) in [5, 5.41) is 38.9. The van der Waals surface area contributed by atoms with Crippen LogP contribution in [0.2, 0.25) is 0 Å². The molecule has 176 valence electrons. The Morgan fingerprint density at radius 1 is 0.758 bits per heavy atom. The Balaban J connectivity index is -0.000000236. The lowest BCUT2D eigenvalue weighted by molar-refractivity contribution is -0.301. The molecule has 0 atom stereocenters. The second kappa shape index (κ2) is 13.9. The Morgan fingerprint density at radius 2 is 1.21 bits per heavy atom. The van der Waals surface area contributed by atoms with Gasteiger partial charge in [-0.25, -0.2) is 4.98 Å². The Morgan fingerprint density at radius 3 is 1.67 bits per heavy atom. The summed E-state index contributed by atoms with van der Waals surface area (Å²) in [5.74, 6) is -5.08. The van der Waals surface area contributed by atoms with Crippen molar-refractivity contribution in [3.8, 4) is 0 Å². The van der Waals surface area contributed by atoms with Crippen molar-refractivity contribution in [2.24, 2.45) is 0 Å². The van der Waals surface area contributed by atoms with Crippen LogP contribution in [0, 0.1) is 0 Å². The van der Waals surface area contributed by atoms with E-state index in [0.717, 1.165) is 37.5 Å². The number of likely N-dealkylation sites (N-methyl/N-ethyl adjacent to an activating group) is 1. The summed E-state index contributed by atoms with van der Waals surface area (Å²) in [6.45, 7) is 4.38. The molecule has 33 heavy (non-hydrogen) atoms. The molecule has 0 spiro atoms. The molecule has 0 amide bonds. The molecule has 0 radical (unpaired) electrons. The SMILES string of the molecule is CN1CCN(c2ccc3ccccc3n2)CC1.O=C([O-])/C=C\C(=O)[O-].O=C([O-])/C=C\C(=O)[O-].[H+].[H+].[H+].[H+]. The maximum Gasteiger partial charge on any atom is 1.00 e. The van der Waals surface area contributed by atoms with Crippen LogP contribution in [0.25, 0.3) is 10.9 Å². The van der Waals surface area contributed by atoms with E-state index in [-0.39, 0.29) is 5.71 Å². The molecule has 1 fully saturated rings. The molecule has 1 aromatic heterocycles. The fourth-order valence-corrected chi connectivity index (χ4v) is 2.54. The molecule has 0 bridgehead atoms. The number of aromatic nitrogens is 1. The van der Waals surface area contributed by atoms with Gasteiger partial charge in [-0.15, -0.1) is 0 Å². The second-order valence-electron chi connectivity index (χ2n) is 6.60. The average Bonchev–Trinajstić information content (AvgIpc) is 2.77. The molecule has 2 aromatic rings. The number of carboxylic acid groups (broad SMARTS) is 4. The molecule has 0 saturated carbocycles. The number of carbonyl (C=O) groups is 4. The van der Waals surface area contributed by atoms with E-state index in [2.05, 4.69) is 47.2 Å². The predicted octanol–water partition coefficient (Wildman–Crippen LogP) is -3.48. The summed E-state index contributed by atoms with van der Waals surface area (Å²) in [6, 6.07) is 12.6. The standard InChI is InChI=1S/C14H17N3.2C4H4O4/c1-16-8-10-17(11-9-16)14-7-6-12-4-2-3-5-13(12)15-14;2*5-3(6)1-2-4(7)8/h2-7H,8-11H2,1H3;2*1-2H,(H,5,6)(H,7,8)/b;2*2-1-. The number of piperazine rings is 1. The molecular formula is C22H25N3O8. The van der Waals surface area contributed by atoms with Crippen LogP contribution in [0.15, 0.2) is 60.7 Å². The van der Waals surface area contributed by atoms with Gasteiger partial charge in [0.2, 0.25) is 0 Å². The van der Waals surface area contributed by atoms with Crippen LogP contribution in [-0.4, -0.2) is 67.0 Å². The van der Waals surface area contributed by atoms with Gasteiger partial charge < -0.3 is 49.4 Å². The number of carbonyl (C=O) groups excluding carboxylic acids is 4. The second-order valence-corrected chi connectivity index (χ2v) is 6.60. The van der Waals surface area contributed by atoms with Crippen molar-refractivity contribution < 1.29 is 45.3 Å². The fraction of sp³-hybridized carbons (Fsp3) is 0.227. The Bertz CT molecular complexity index is 980. The summed E-state index contributed by atoms with van der Waals surface area (Å²) in [7, 11) is 2.17. The number of carboxylic acids is 4. The maximum atomic E-state index is 9.41. The van der Waals surface area contributed by atoms with Crippen LogP contribution in [0.1, 0.15) is 5.71 Å². The Labute approximate surface area is 195 Å². The first-order chi connectivity index (χ1) is 15.6. The summed E-state index contributed by atoms with van der Waals surface area (Å²) in [4.78, 5) is 47.1. The monoisotopic (exact) mass is 459 g/mol. The lowest BCUT2D eigenvalue weighted by Gasteiger charge is -2.33. The lowest BCUT2D eigenvalue weighted by atomic mass is 10.2. The molecule has 2 heterocycles. The van der Waals surface area contributed by atoms with Gasteiger partial charge in [-0.3, -0.25) is 0 Å². The number of para-hydroxylation sites is 1. The number of anilines is 1. The van der Waals surface area contributed by atoms with Crippen molar-refractivity contribution in [1.82, 2.24) is 9.88 Å². The van der Waals surface area contributed by atoms with E-state index in [9.17, 15) is 39.6 Å². The van der Waals surface area contributed by atoms with Gasteiger partial charge in [-0.2, -0.15) is 0 Å². The van der Waals surface area contributed by atoms with Gasteiger partial charge in [0.05, 0.1) is 29.4 Å². The molecule has 1 aliphatic rings. The van der Waals surface area contributed by atoms with E-state index in [1.807, 2.05) is 6.07 Å². The molecule has 3 rings (SSSR count). The summed E-state index contributed by atoms with van der Waals surface area (Å²) >= 11 is 0. The molecule has 0 N–H and O–H groups in total. The van der Waals surface area contributed by atoms with Crippen molar-refractivity contribution in [1.29, 1.82) is 0 Å². The first-order valence-electron chi connectivity index (χ1n) is 9.58. The van der Waals surface area contributed by atoms with Gasteiger partial charge in [0.15, 0.2) is 0 Å². The molecule has 11 heteroatoms. The number of pyridine rings is 1. The number of rotatable bonds is 5. The minimum atomic E-state index is -1.55. The van der Waals surface area contributed by atoms with Gasteiger partial charge in [0.1, 0.15) is 5.82 Å². The quantitative estimate of drug-likeness (QED) is 0.405. The third kappa shape index (κ3) is 11.6. The molecule has 1 aromatic carbocycles. The molecule has 11 nitrogen and oxygen atoms in total. The summed E-state index contributed by atoms with van der Waals surface area (Å²) in [5.41, 5.74) is 1.09. The first-order valence-corrected chi connectivity index (χ1v) is 9.58. The number of nitrogens with zero attached hydrogens (tertiary/aromatic N) is 3. The fourth-order valence-electron chi connectivity index (χ4n) is 2.54. The number of aliphatic carboxylic acids is 4. The van der Waals surface area contributed by atoms with Crippen LogP contribution in [-0.2, 0) is 19.2 Å². The molecule has 0 unspecified atom stereocenters. The van der Waals surface area contributed by atoms with Gasteiger partial charge in [-0.1, -0.05) is 18.2 Å². The van der Waals surface area contributed by atoms with Crippen LogP contribution in [0.5, 0.6) is 0 Å². The highest BCUT2D eigenvalue weighted by Gasteiger charge is 2.15. The predicted molar refractivity (Wildman–Crippen MR) is 114 cm³/mol. The zero-order valence-corrected chi connectivity index (χ0v) is 17.7. The lowest BCUT2D eigenvalue weighted by Crippen LogP contribution is -2.44. The average molecular weight is 459 g/mol. The maximum absolute atomic E-state index is 9.41. The van der Waals surface area contributed by atoms with Gasteiger partial charge in [0.25, 0.3) is 0 Å². The highest BCUT2D eigenvalue weighted by atomic mass is 16.4. The molecular weight excluding hydrogens is 434 g/mol. The first kappa shape index (κ1) is 26.8. The molecule has 1 saturated heterocycles. The number of benzene rings is 1. The largest absolute Gasteiger partial charge is 1.00 e. The van der Waals surface area contributed by atoms with E-state index in [1.54, 1.807) is 0 Å². The van der Waals surface area contributed by atoms with Gasteiger partial charge in [-0.05, 0) is 49.6 Å². The van der Waals surface area contributed by atoms with Crippen LogP contribution in [0.4, 0.5) is 5.82 Å². The Hall–Kier alpha value is -4.25. The van der Waals surface area contributed by atoms with Crippen molar-refractivity contribution in [2.75, 3.05) is 38.1 Å². The normalized spacial score (nSPS) is 13.7. The number of hydrogen-bond acceptors (Lipinski definition) is 11. The van der Waals surface area contributed by atoms with Crippen molar-refractivity contribution in [3.63, 3.8) is 0 Å². The number of fused-ring (bicyclic) bond motifs is 1. The minimum absolute atomic E-state index is 0. The summed E-state index contributed by atoms with van der Waals surface area (Å²) < 4.78 is 0. The van der Waals surface area contributed by atoms with Crippen LogP contribution >= 0.6 is 0 Å². The van der Waals surface area contributed by atoms with E-state index in [4.69, 9.17) is 4.98 Å². The highest BCUT2D eigenvalue weighted by Crippen LogP contribution is 2.18. The molecule has 0 aliphatic carbocycles. The molecule has 1 aliphatic heterocycles. The van der Waals surface area contributed by atoms with E-state index in [1.165, 1.54) is 5.39 Å². The smallest absolute Gasteiger partial charge is 0.545 e. The van der Waals surface area contributed by atoms with Crippen LogP contribution < -0.4 is 25.3 Å². The third-order valence-corrected chi connectivity index (χ3v) is 4.12. The van der Waals surface area contributed by atoms with E-state index in [0.29, 0.717) is 24.3 Å². The van der Waals surface area contributed by atoms with E-state index >= 15 is 0 Å². The zero-order chi connectivity index (χ0) is 24.8. The zero-order valence-electron chi connectivity index (χ0n) is 21.7. The van der Waals surface area contributed by atoms with Gasteiger partial charge in [0, 0.05) is 31.6 Å². The van der Waals surface area contributed by atoms with Gasteiger partial charge >= 0.3 is 5.71 Å². The highest BCUT2D eigenvalue weighted by molar-refractivity contribution is 5.88. The van der Waals surface area contributed by atoms with Crippen molar-refractivity contribution in [2.45, 2.75) is 0 Å². The minimum Gasteiger partial charge on any atom is -0.545 e. The van der Waals surface area contributed by atoms with Crippen LogP contribution in [0.3, 0.4) is 0 Å². The Kier molecular flexibility index (Phi) is 11.3. The number of hydrogen-bond donors (Lipinski definition) is 0. The van der Waals surface area contributed by atoms with Crippen molar-refractivity contribution in [3.05, 3.63) is 60.7 Å². The topological polar surface area (TPSA) is 180 Å². The summed E-state index contributed by atoms with van der Waals surface area (Å²) in [6.07, 6.45) is 1.54. The third-order valence-electron chi connectivity index (χ3n) is 4.12.